The van der Waals surface area contributed by atoms with Crippen molar-refractivity contribution in [1.82, 2.24) is 107 Å². The van der Waals surface area contributed by atoms with Gasteiger partial charge in [0.2, 0.25) is 12.8 Å². The number of aryl methyl sites for hydroxylation is 2. The molecule has 0 saturated carbocycles. The second kappa shape index (κ2) is 75.3. The van der Waals surface area contributed by atoms with Gasteiger partial charge in [-0.25, -0.2) is 39.9 Å². The fourth-order valence-corrected chi connectivity index (χ4v) is 14.4. The summed E-state index contributed by atoms with van der Waals surface area (Å²) in [7, 11) is 3.96. The Balaban J connectivity index is 0.000000345. The highest BCUT2D eigenvalue weighted by Crippen LogP contribution is 2.19. The summed E-state index contributed by atoms with van der Waals surface area (Å²) in [6.07, 6.45) is 38.0. The van der Waals surface area contributed by atoms with Gasteiger partial charge in [-0.1, -0.05) is 25.7 Å². The maximum Gasteiger partial charge on any atom is 0.373 e. The van der Waals surface area contributed by atoms with Crippen molar-refractivity contribution in [3.05, 3.63) is 146 Å². The predicted octanol–water partition coefficient (Wildman–Crippen LogP) is -1.12. The van der Waals surface area contributed by atoms with Gasteiger partial charge in [0.05, 0.1) is 223 Å². The number of rotatable bonds is 54. The van der Waals surface area contributed by atoms with Crippen LogP contribution in [0.1, 0.15) is 124 Å². The quantitative estimate of drug-likeness (QED) is 0.0159. The van der Waals surface area contributed by atoms with Crippen LogP contribution in [-0.4, -0.2) is 370 Å². The number of aliphatic hydroxyl groups is 2. The molecule has 792 valence electrons. The van der Waals surface area contributed by atoms with E-state index < -0.39 is 48.0 Å². The zero-order valence-corrected chi connectivity index (χ0v) is 81.3. The molecule has 2 aliphatic rings. The third-order valence-corrected chi connectivity index (χ3v) is 22.0. The van der Waals surface area contributed by atoms with E-state index in [4.69, 9.17) is 115 Å². The van der Waals surface area contributed by atoms with Crippen molar-refractivity contribution in [2.45, 2.75) is 205 Å². The number of imidazole rings is 8. The van der Waals surface area contributed by atoms with Crippen LogP contribution in [0.15, 0.2) is 99.1 Å². The normalized spacial score (nSPS) is 15.8. The smallest absolute Gasteiger partial charge is 0.373 e. The number of hydrogen-bond acceptors (Lipinski definition) is 38. The molecule has 2 fully saturated rings. The summed E-state index contributed by atoms with van der Waals surface area (Å²) in [5.74, 6) is 3.03. The lowest BCUT2D eigenvalue weighted by Gasteiger charge is -2.25. The molecular formula is C90H146N26O26. The number of carbonyl (C=O) groups excluding carboxylic acids is 6. The maximum absolute atomic E-state index is 11.3. The molecule has 16 N–H and O–H groups in total. The molecule has 6 atom stereocenters. The molecule has 10 rings (SSSR count). The Morgan fingerprint density at radius 2 is 0.570 bits per heavy atom. The lowest BCUT2D eigenvalue weighted by atomic mass is 10.1. The van der Waals surface area contributed by atoms with Crippen LogP contribution in [0.2, 0.25) is 0 Å². The first-order valence-electron chi connectivity index (χ1n) is 47.1. The van der Waals surface area contributed by atoms with Gasteiger partial charge >= 0.3 is 36.2 Å². The number of hydrogen-bond donors (Lipinski definition) is 12. The number of ether oxygens (including phenoxy) is 10. The Kier molecular flexibility index (Phi) is 64.1. The lowest BCUT2D eigenvalue weighted by molar-refractivity contribution is -0.193. The zero-order chi connectivity index (χ0) is 103. The number of nitrogens with two attached hydrogens (primary N) is 4. The summed E-state index contributed by atoms with van der Waals surface area (Å²) in [4.78, 5) is 142. The number of carboxylic acid groups (broad SMARTS) is 4. The van der Waals surface area contributed by atoms with Gasteiger partial charge in [0.1, 0.15) is 70.8 Å². The highest BCUT2D eigenvalue weighted by atomic mass is 16.6. The molecule has 52 heteroatoms. The fourth-order valence-electron chi connectivity index (χ4n) is 14.4. The molecular weight excluding hydrogens is 1860 g/mol. The molecule has 0 aromatic carbocycles. The third kappa shape index (κ3) is 51.9. The van der Waals surface area contributed by atoms with Crippen LogP contribution in [-0.2, 0) is 201 Å². The van der Waals surface area contributed by atoms with E-state index in [1.165, 1.54) is 0 Å². The average molecular weight is 2010 g/mol. The summed E-state index contributed by atoms with van der Waals surface area (Å²) in [6.45, 7) is 18.8. The van der Waals surface area contributed by atoms with Gasteiger partial charge in [0, 0.05) is 126 Å². The molecule has 0 spiro atoms. The number of aliphatic carboxylic acids is 4. The molecule has 52 nitrogen and oxygen atoms in total. The van der Waals surface area contributed by atoms with Crippen LogP contribution in [0.4, 0.5) is 0 Å². The maximum atomic E-state index is 11.3. The topological polar surface area (TPSA) is 668 Å². The number of carboxylic acids is 4. The van der Waals surface area contributed by atoms with Crippen LogP contribution in [0.5, 0.6) is 0 Å². The fraction of sp³-hybridized carbons (Fsp3) is 0.644. The SMILES string of the molecule is Cn1ccnc1CN(CCCCC(N)C(=O)O)Cc1nccn1C.NC(CCCCN(Cc1nccn1CC1COCCOCCOCCOCCO1)Cc1nccn1CC1COCCOCCOCCOCCO1)C(=O)O.NC(CCCCN(Cc1nccn1CCO)Cc1nccn1CCO)C(=O)O.NC(CCCCN(Cc1nccn1CNC=O)Cc1nccn1CNC=O)C(=O)O.O=C=O.O=C=O. The highest BCUT2D eigenvalue weighted by molar-refractivity contribution is 5.74. The summed E-state index contributed by atoms with van der Waals surface area (Å²) >= 11 is 0. The van der Waals surface area contributed by atoms with E-state index in [1.807, 2.05) is 78.7 Å². The third-order valence-electron chi connectivity index (χ3n) is 22.0. The van der Waals surface area contributed by atoms with Crippen LogP contribution in [0.25, 0.3) is 0 Å². The molecule has 10 heterocycles. The summed E-state index contributed by atoms with van der Waals surface area (Å²) in [5, 5.41) is 59.6. The van der Waals surface area contributed by atoms with E-state index in [0.29, 0.717) is 269 Å². The number of aliphatic hydroxyl groups excluding tert-OH is 2. The molecule has 8 aromatic rings. The van der Waals surface area contributed by atoms with Crippen LogP contribution in [0.3, 0.4) is 0 Å². The minimum absolute atomic E-state index is 0.0390. The summed E-state index contributed by atoms with van der Waals surface area (Å²) in [6, 6.07) is -3.35. The second-order valence-corrected chi connectivity index (χ2v) is 32.6. The predicted molar refractivity (Wildman–Crippen MR) is 503 cm³/mol. The first-order valence-corrected chi connectivity index (χ1v) is 47.1. The minimum Gasteiger partial charge on any atom is -0.480 e. The molecule has 6 unspecified atom stereocenters. The van der Waals surface area contributed by atoms with Gasteiger partial charge in [0.15, 0.2) is 0 Å². The molecule has 0 radical (unpaired) electrons. The summed E-state index contributed by atoms with van der Waals surface area (Å²) in [5.41, 5.74) is 22.5. The van der Waals surface area contributed by atoms with Gasteiger partial charge in [-0.05, 0) is 77.5 Å². The van der Waals surface area contributed by atoms with Gasteiger partial charge in [-0.15, -0.1) is 0 Å². The van der Waals surface area contributed by atoms with Crippen molar-refractivity contribution in [2.75, 3.05) is 158 Å². The number of carbonyl (C=O) groups is 6. The van der Waals surface area contributed by atoms with Gasteiger partial charge < -0.3 is 148 Å². The Morgan fingerprint density at radius 3 is 0.817 bits per heavy atom. The average Bonchev–Trinajstić information content (AvgIpc) is 1.69. The Labute approximate surface area is 824 Å². The largest absolute Gasteiger partial charge is 0.480 e. The molecule has 8 aromatic heterocycles. The van der Waals surface area contributed by atoms with Crippen molar-refractivity contribution in [1.29, 1.82) is 0 Å². The monoisotopic (exact) mass is 2010 g/mol. The molecule has 0 aliphatic carbocycles. The molecule has 0 bridgehead atoms. The molecule has 142 heavy (non-hydrogen) atoms. The van der Waals surface area contributed by atoms with Crippen molar-refractivity contribution < 1.29 is 126 Å². The number of nitrogens with one attached hydrogen (secondary N) is 2. The Hall–Kier alpha value is -11.5. The minimum atomic E-state index is -0.999. The van der Waals surface area contributed by atoms with E-state index in [9.17, 15) is 44.1 Å². The molecule has 2 aliphatic heterocycles. The van der Waals surface area contributed by atoms with Gasteiger partial charge in [0.25, 0.3) is 0 Å². The standard InChI is InChI=1S/C36H62N6O12.C18H28N8O4.C18H30N6O4.C16H26N6O2.2CO2/c37-33(36(43)44)3-1-2-6-40(27-34-38-4-7-41(34)25-31-29-51-19-17-47-11-9-45-13-15-49-21-23-53-31)28-35-39-5-8-42(35)26-32-30-52-20-18-48-12-10-46-14-16-50-22-24-54-32;19-15(18(29)30)3-1-2-6-24(9-16-22-4-7-25(16)11-20-13-27)10-17-23-5-8-26(17)12-21-14-28;19-15(18(27)28)3-1-2-6-22(13-16-20-4-7-23(16)9-11-25)14-17-21-5-8-24(17)10-12-26;1-20-9-6-18-14(20)11-22(12-15-19-7-10-21(15)2)8-4-3-5-13(17)16(23)24;2*2-1-3/h4-5,7-8,31-33H,1-3,6,9-30,37H2,(H,43,44);4-5,7-8,13-15H,1-3,6,9-12,19H2,(H,20,27)(H,21,28)(H,29,30);4-5,7-8,15,25-26H,1-3,6,9-14,19H2,(H,27,28);6-7,9-10,13H,3-5,8,11-12,17H2,1-2H3,(H,23,24);;. The second-order valence-electron chi connectivity index (χ2n) is 32.6. The van der Waals surface area contributed by atoms with Gasteiger partial charge in [-0.3, -0.25) is 48.4 Å². The van der Waals surface area contributed by atoms with Crippen molar-refractivity contribution in [3.8, 4) is 0 Å². The highest BCUT2D eigenvalue weighted by Gasteiger charge is 2.25. The number of aromatic nitrogens is 16. The van der Waals surface area contributed by atoms with Crippen molar-refractivity contribution in [3.63, 3.8) is 0 Å². The lowest BCUT2D eigenvalue weighted by Crippen LogP contribution is -2.32. The van der Waals surface area contributed by atoms with E-state index in [0.717, 1.165) is 105 Å². The zero-order valence-electron chi connectivity index (χ0n) is 81.3. The van der Waals surface area contributed by atoms with Crippen molar-refractivity contribution >= 4 is 49.0 Å². The van der Waals surface area contributed by atoms with E-state index >= 15 is 0 Å². The first kappa shape index (κ1) is 121. The van der Waals surface area contributed by atoms with E-state index in [-0.39, 0.29) is 37.7 Å². The van der Waals surface area contributed by atoms with E-state index in [1.54, 1.807) is 62.0 Å². The summed E-state index contributed by atoms with van der Waals surface area (Å²) < 4.78 is 73.4. The number of amides is 2. The van der Waals surface area contributed by atoms with Crippen LogP contribution < -0.4 is 33.6 Å². The molecule has 2 saturated heterocycles. The number of nitrogens with zero attached hydrogens (tertiary/aromatic N) is 20. The Bertz CT molecular complexity index is 4460. The first-order chi connectivity index (χ1) is 69.0. The number of unbranched alkanes of at least 4 members (excludes halogenated alkanes) is 4. The van der Waals surface area contributed by atoms with Crippen LogP contribution >= 0.6 is 0 Å². The molecule has 2 amide bonds. The van der Waals surface area contributed by atoms with Crippen molar-refractivity contribution in [2.24, 2.45) is 37.0 Å². The van der Waals surface area contributed by atoms with Gasteiger partial charge in [-0.2, -0.15) is 19.2 Å². The Morgan fingerprint density at radius 1 is 0.352 bits per heavy atom. The van der Waals surface area contributed by atoms with Crippen LogP contribution in [0, 0.1) is 0 Å². The van der Waals surface area contributed by atoms with E-state index in [2.05, 4.69) is 69.3 Å².